The fourth-order valence-electron chi connectivity index (χ4n) is 3.56. The Morgan fingerprint density at radius 3 is 1.09 bits per heavy atom. The lowest BCUT2D eigenvalue weighted by molar-refractivity contribution is -0.00000513. The van der Waals surface area contributed by atoms with Gasteiger partial charge in [0.1, 0.15) is 0 Å². The van der Waals surface area contributed by atoms with Crippen LogP contribution in [0.4, 0.5) is 0 Å². The van der Waals surface area contributed by atoms with E-state index in [0.717, 1.165) is 0 Å². The van der Waals surface area contributed by atoms with Crippen LogP contribution in [0.25, 0.3) is 0 Å². The smallest absolute Gasteiger partial charge is 0.0594 e. The van der Waals surface area contributed by atoms with Crippen molar-refractivity contribution in [3.8, 4) is 0 Å². The van der Waals surface area contributed by atoms with E-state index in [1.54, 1.807) is 24.6 Å². The van der Waals surface area contributed by atoms with Crippen LogP contribution in [0.1, 0.15) is 111 Å². The van der Waals surface area contributed by atoms with E-state index in [0.29, 0.717) is 0 Å². The lowest BCUT2D eigenvalue weighted by Crippen LogP contribution is -3.00. The van der Waals surface area contributed by atoms with Crippen LogP contribution in [0.15, 0.2) is 0 Å². The molecule has 0 spiro atoms. The topological polar surface area (TPSA) is 0 Å². The second-order valence-electron chi connectivity index (χ2n) is 7.42. The van der Waals surface area contributed by atoms with Gasteiger partial charge >= 0.3 is 0 Å². The van der Waals surface area contributed by atoms with Crippen LogP contribution in [-0.2, 0) is 0 Å². The fourth-order valence-corrected chi connectivity index (χ4v) is 8.75. The molecule has 0 aromatic heterocycles. The van der Waals surface area contributed by atoms with Crippen molar-refractivity contribution in [3.63, 3.8) is 0 Å². The van der Waals surface area contributed by atoms with Gasteiger partial charge in [-0.15, -0.1) is 0 Å². The molecule has 142 valence electrons. The molecule has 0 heterocycles. The maximum Gasteiger partial charge on any atom is 0.0594 e. The van der Waals surface area contributed by atoms with Crippen molar-refractivity contribution < 1.29 is 24.0 Å². The Kier molecular flexibility index (Phi) is 22.4. The molecule has 0 aliphatic rings. The van der Waals surface area contributed by atoms with Crippen LogP contribution in [0, 0.1) is 0 Å². The third-order valence-electron chi connectivity index (χ3n) is 5.19. The van der Waals surface area contributed by atoms with E-state index < -0.39 is 7.26 Å². The Labute approximate surface area is 166 Å². The molecule has 0 aliphatic carbocycles. The van der Waals surface area contributed by atoms with Crippen molar-refractivity contribution >= 4 is 7.26 Å². The molecule has 23 heavy (non-hydrogen) atoms. The second kappa shape index (κ2) is 19.5. The molecular weight excluding hydrogens is 410 g/mol. The molecule has 0 aliphatic heterocycles. The van der Waals surface area contributed by atoms with Gasteiger partial charge < -0.3 is 24.0 Å². The van der Waals surface area contributed by atoms with Gasteiger partial charge in [0.05, 0.1) is 24.6 Å². The molecule has 0 amide bonds. The van der Waals surface area contributed by atoms with Crippen molar-refractivity contribution in [3.05, 3.63) is 0 Å². The third-order valence-corrected chi connectivity index (χ3v) is 10.3. The van der Waals surface area contributed by atoms with Gasteiger partial charge in [-0.1, -0.05) is 79.1 Å². The van der Waals surface area contributed by atoms with Crippen LogP contribution in [-0.4, -0.2) is 24.6 Å². The first-order chi connectivity index (χ1) is 10.7. The van der Waals surface area contributed by atoms with Crippen LogP contribution < -0.4 is 24.0 Å². The van der Waals surface area contributed by atoms with Gasteiger partial charge in [0.15, 0.2) is 0 Å². The molecular formula is C21H46IP. The van der Waals surface area contributed by atoms with Crippen molar-refractivity contribution in [2.45, 2.75) is 111 Å². The molecule has 0 rings (SSSR count). The van der Waals surface area contributed by atoms with Crippen molar-refractivity contribution in [1.82, 2.24) is 0 Å². The zero-order valence-corrected chi connectivity index (χ0v) is 19.9. The van der Waals surface area contributed by atoms with Gasteiger partial charge in [-0.2, -0.15) is 0 Å². The van der Waals surface area contributed by atoms with Crippen LogP contribution in [0.3, 0.4) is 0 Å². The molecule has 0 aromatic rings. The monoisotopic (exact) mass is 456 g/mol. The predicted molar refractivity (Wildman–Crippen MR) is 109 cm³/mol. The van der Waals surface area contributed by atoms with E-state index in [-0.39, 0.29) is 24.0 Å². The summed E-state index contributed by atoms with van der Waals surface area (Å²) in [7, 11) is -0.607. The number of halogens is 1. The predicted octanol–water partition coefficient (Wildman–Crippen LogP) is 5.16. The van der Waals surface area contributed by atoms with Crippen molar-refractivity contribution in [2.75, 3.05) is 24.6 Å². The summed E-state index contributed by atoms with van der Waals surface area (Å²) in [5.41, 5.74) is 0. The van der Waals surface area contributed by atoms with Crippen LogP contribution in [0.2, 0.25) is 0 Å². The standard InChI is InChI=1S/C21H46P.HI/c1-5-9-13-14-15-16-17-21-22(18-10-6-2,19-11-7-3)20-12-8-4;/h5-21H2,1-4H3;1H/q+1;/p-1. The van der Waals surface area contributed by atoms with Crippen molar-refractivity contribution in [2.24, 2.45) is 0 Å². The zero-order valence-electron chi connectivity index (χ0n) is 16.8. The molecule has 0 saturated carbocycles. The molecule has 0 atom stereocenters. The van der Waals surface area contributed by atoms with Crippen LogP contribution in [0.5, 0.6) is 0 Å². The van der Waals surface area contributed by atoms with E-state index in [1.807, 2.05) is 0 Å². The molecule has 0 fully saturated rings. The third kappa shape index (κ3) is 15.2. The van der Waals surface area contributed by atoms with Crippen LogP contribution >= 0.6 is 7.26 Å². The molecule has 0 nitrogen and oxygen atoms in total. The highest BCUT2D eigenvalue weighted by molar-refractivity contribution is 7.75. The number of rotatable bonds is 17. The largest absolute Gasteiger partial charge is 1.00 e. The van der Waals surface area contributed by atoms with Gasteiger partial charge in [0, 0.05) is 7.26 Å². The first kappa shape index (κ1) is 26.4. The average Bonchev–Trinajstić information content (AvgIpc) is 2.55. The van der Waals surface area contributed by atoms with Crippen molar-refractivity contribution in [1.29, 1.82) is 0 Å². The Bertz CT molecular complexity index is 196. The van der Waals surface area contributed by atoms with E-state index in [9.17, 15) is 0 Å². The minimum atomic E-state index is -0.607. The molecule has 2 heteroatoms. The second-order valence-corrected chi connectivity index (χ2v) is 11.9. The minimum Gasteiger partial charge on any atom is -1.00 e. The summed E-state index contributed by atoms with van der Waals surface area (Å²) in [6, 6.07) is 0. The van der Waals surface area contributed by atoms with Gasteiger partial charge in [0.25, 0.3) is 0 Å². The summed E-state index contributed by atoms with van der Waals surface area (Å²) in [5.74, 6) is 0. The van der Waals surface area contributed by atoms with E-state index >= 15 is 0 Å². The quantitative estimate of drug-likeness (QED) is 0.161. The Morgan fingerprint density at radius 1 is 0.391 bits per heavy atom. The normalized spacial score (nSPS) is 11.5. The van der Waals surface area contributed by atoms with Gasteiger partial charge in [0.2, 0.25) is 0 Å². The number of hydrogen-bond acceptors (Lipinski definition) is 0. The summed E-state index contributed by atoms with van der Waals surface area (Å²) in [6.07, 6.45) is 25.5. The van der Waals surface area contributed by atoms with E-state index in [4.69, 9.17) is 0 Å². The summed E-state index contributed by atoms with van der Waals surface area (Å²) in [4.78, 5) is 0. The molecule has 0 aromatic carbocycles. The van der Waals surface area contributed by atoms with E-state index in [1.165, 1.54) is 83.5 Å². The zero-order chi connectivity index (χ0) is 16.5. The molecule has 0 bridgehead atoms. The first-order valence-corrected chi connectivity index (χ1v) is 13.1. The lowest BCUT2D eigenvalue weighted by Gasteiger charge is -2.28. The molecule has 0 N–H and O–H groups in total. The highest BCUT2D eigenvalue weighted by Crippen LogP contribution is 2.61. The summed E-state index contributed by atoms with van der Waals surface area (Å²) < 4.78 is 0. The summed E-state index contributed by atoms with van der Waals surface area (Å²) >= 11 is 0. The average molecular weight is 456 g/mol. The summed E-state index contributed by atoms with van der Waals surface area (Å²) in [6.45, 7) is 9.44. The Balaban J connectivity index is 0. The number of unbranched alkanes of at least 4 members (excludes halogenated alkanes) is 9. The van der Waals surface area contributed by atoms with E-state index in [2.05, 4.69) is 27.7 Å². The highest BCUT2D eigenvalue weighted by Gasteiger charge is 2.34. The first-order valence-electron chi connectivity index (χ1n) is 10.6. The molecule has 0 radical (unpaired) electrons. The number of hydrogen-bond donors (Lipinski definition) is 0. The van der Waals surface area contributed by atoms with Gasteiger partial charge in [-0.25, -0.2) is 0 Å². The molecule has 0 saturated heterocycles. The highest BCUT2D eigenvalue weighted by atomic mass is 127. The maximum atomic E-state index is 2.38. The maximum absolute atomic E-state index is 2.38. The van der Waals surface area contributed by atoms with Gasteiger partial charge in [-0.05, 0) is 32.1 Å². The Hall–Kier alpha value is 1.16. The fraction of sp³-hybridized carbons (Fsp3) is 1.00. The molecule has 0 unspecified atom stereocenters. The Morgan fingerprint density at radius 2 is 0.696 bits per heavy atom. The summed E-state index contributed by atoms with van der Waals surface area (Å²) in [5, 5.41) is 0. The SMILES string of the molecule is CCCCCCCCC[P+](CCCC)(CCCC)CCCC.[I-]. The minimum absolute atomic E-state index is 0. The lowest BCUT2D eigenvalue weighted by atomic mass is 10.1. The van der Waals surface area contributed by atoms with Gasteiger partial charge in [-0.3, -0.25) is 0 Å².